The average molecular weight is 313 g/mol. The van der Waals surface area contributed by atoms with Crippen molar-refractivity contribution >= 4 is 22.2 Å². The van der Waals surface area contributed by atoms with E-state index < -0.39 is 0 Å². The summed E-state index contributed by atoms with van der Waals surface area (Å²) in [5, 5.41) is 5.02. The molecule has 2 heterocycles. The summed E-state index contributed by atoms with van der Waals surface area (Å²) in [7, 11) is 0. The second kappa shape index (κ2) is 6.75. The number of imidazole rings is 1. The van der Waals surface area contributed by atoms with Crippen molar-refractivity contribution in [3.8, 4) is 0 Å². The van der Waals surface area contributed by atoms with E-state index in [1.54, 1.807) is 11.3 Å². The Hall–Kier alpha value is -2.14. The lowest BCUT2D eigenvalue weighted by molar-refractivity contribution is -0.122. The second-order valence-electron chi connectivity index (χ2n) is 5.29. The van der Waals surface area contributed by atoms with Gasteiger partial charge in [-0.3, -0.25) is 9.20 Å². The first-order chi connectivity index (χ1) is 10.8. The molecule has 0 saturated heterocycles. The zero-order chi connectivity index (χ0) is 15.4. The highest BCUT2D eigenvalue weighted by Crippen LogP contribution is 2.21. The predicted octanol–water partition coefficient (Wildman–Crippen LogP) is 3.60. The lowest BCUT2D eigenvalue weighted by Crippen LogP contribution is -2.29. The number of fused-ring (bicyclic) bond motifs is 1. The van der Waals surface area contributed by atoms with Crippen LogP contribution >= 0.6 is 11.3 Å². The van der Waals surface area contributed by atoms with Crippen LogP contribution in [0.2, 0.25) is 0 Å². The van der Waals surface area contributed by atoms with Gasteiger partial charge >= 0.3 is 0 Å². The highest BCUT2D eigenvalue weighted by atomic mass is 32.1. The fourth-order valence-electron chi connectivity index (χ4n) is 2.59. The summed E-state index contributed by atoms with van der Waals surface area (Å²) in [6, 6.07) is 9.98. The maximum Gasteiger partial charge on any atom is 0.227 e. The molecule has 0 spiro atoms. The molecule has 0 aliphatic heterocycles. The summed E-state index contributed by atoms with van der Waals surface area (Å²) >= 11 is 1.59. The van der Waals surface area contributed by atoms with Gasteiger partial charge in [0.15, 0.2) is 4.96 Å². The molecule has 0 fully saturated rings. The van der Waals surface area contributed by atoms with Crippen molar-refractivity contribution in [3.05, 3.63) is 59.4 Å². The zero-order valence-corrected chi connectivity index (χ0v) is 13.3. The summed E-state index contributed by atoms with van der Waals surface area (Å²) < 4.78 is 1.98. The molecule has 1 aromatic carbocycles. The highest BCUT2D eigenvalue weighted by Gasteiger charge is 2.19. The molecule has 0 aliphatic rings. The summed E-state index contributed by atoms with van der Waals surface area (Å²) in [6.07, 6.45) is 5.77. The van der Waals surface area contributed by atoms with E-state index in [-0.39, 0.29) is 11.8 Å². The molecule has 4 nitrogen and oxygen atoms in total. The van der Waals surface area contributed by atoms with E-state index in [2.05, 4.69) is 17.2 Å². The number of carbonyl (C=O) groups excluding carboxylic acids is 1. The minimum Gasteiger partial charge on any atom is -0.350 e. The molecule has 1 N–H and O–H groups in total. The maximum absolute atomic E-state index is 12.5. The number of nitrogens with zero attached hydrogens (tertiary/aromatic N) is 2. The minimum absolute atomic E-state index is 0.0735. The van der Waals surface area contributed by atoms with E-state index in [0.717, 1.165) is 29.1 Å². The van der Waals surface area contributed by atoms with Gasteiger partial charge in [-0.1, -0.05) is 43.7 Å². The molecule has 114 valence electrons. The number of rotatable bonds is 6. The van der Waals surface area contributed by atoms with Crippen LogP contribution in [0.1, 0.15) is 36.9 Å². The molecule has 2 aromatic heterocycles. The lowest BCUT2D eigenvalue weighted by atomic mass is 9.93. The minimum atomic E-state index is -0.0880. The number of amides is 1. The number of benzene rings is 1. The fourth-order valence-corrected chi connectivity index (χ4v) is 3.30. The van der Waals surface area contributed by atoms with Crippen LogP contribution in [0.5, 0.6) is 0 Å². The number of nitrogens with one attached hydrogen (secondary N) is 1. The van der Waals surface area contributed by atoms with E-state index in [1.165, 1.54) is 0 Å². The van der Waals surface area contributed by atoms with Gasteiger partial charge in [0, 0.05) is 17.8 Å². The Morgan fingerprint density at radius 1 is 1.36 bits per heavy atom. The third kappa shape index (κ3) is 3.20. The normalized spacial score (nSPS) is 12.4. The summed E-state index contributed by atoms with van der Waals surface area (Å²) in [6.45, 7) is 2.58. The monoisotopic (exact) mass is 313 g/mol. The predicted molar refractivity (Wildman–Crippen MR) is 89.0 cm³/mol. The van der Waals surface area contributed by atoms with Gasteiger partial charge in [-0.25, -0.2) is 4.98 Å². The van der Waals surface area contributed by atoms with Crippen molar-refractivity contribution in [3.63, 3.8) is 0 Å². The Bertz CT molecular complexity index is 719. The number of carbonyl (C=O) groups is 1. The third-order valence-electron chi connectivity index (χ3n) is 3.68. The molecular formula is C17H19N3OS. The smallest absolute Gasteiger partial charge is 0.227 e. The largest absolute Gasteiger partial charge is 0.350 e. The van der Waals surface area contributed by atoms with Crippen LogP contribution in [-0.4, -0.2) is 15.3 Å². The molecule has 0 saturated carbocycles. The van der Waals surface area contributed by atoms with Gasteiger partial charge < -0.3 is 5.32 Å². The molecule has 1 unspecified atom stereocenters. The first-order valence-corrected chi connectivity index (χ1v) is 8.39. The number of hydrogen-bond acceptors (Lipinski definition) is 3. The first-order valence-electron chi connectivity index (χ1n) is 7.51. The first kappa shape index (κ1) is 14.8. The van der Waals surface area contributed by atoms with Crippen LogP contribution in [0.4, 0.5) is 0 Å². The zero-order valence-electron chi connectivity index (χ0n) is 12.5. The Morgan fingerprint density at radius 2 is 2.18 bits per heavy atom. The maximum atomic E-state index is 12.5. The van der Waals surface area contributed by atoms with Crippen molar-refractivity contribution in [2.24, 2.45) is 0 Å². The molecular weight excluding hydrogens is 294 g/mol. The van der Waals surface area contributed by atoms with E-state index in [9.17, 15) is 4.79 Å². The number of thiazole rings is 1. The molecule has 0 bridgehead atoms. The molecule has 1 amide bonds. The van der Waals surface area contributed by atoms with Crippen LogP contribution in [-0.2, 0) is 11.3 Å². The van der Waals surface area contributed by atoms with Crippen molar-refractivity contribution in [1.29, 1.82) is 0 Å². The lowest BCUT2D eigenvalue weighted by Gasteiger charge is -2.16. The van der Waals surface area contributed by atoms with Gasteiger partial charge in [0.25, 0.3) is 0 Å². The van der Waals surface area contributed by atoms with Gasteiger partial charge in [0.05, 0.1) is 18.2 Å². The van der Waals surface area contributed by atoms with Crippen molar-refractivity contribution in [1.82, 2.24) is 14.7 Å². The van der Waals surface area contributed by atoms with E-state index >= 15 is 0 Å². The highest BCUT2D eigenvalue weighted by molar-refractivity contribution is 7.15. The number of aromatic nitrogens is 2. The van der Waals surface area contributed by atoms with E-state index in [0.29, 0.717) is 6.54 Å². The van der Waals surface area contributed by atoms with Gasteiger partial charge in [0.2, 0.25) is 5.91 Å². The summed E-state index contributed by atoms with van der Waals surface area (Å²) in [5.74, 6) is -0.0145. The van der Waals surface area contributed by atoms with Crippen LogP contribution in [0.3, 0.4) is 0 Å². The van der Waals surface area contributed by atoms with Gasteiger partial charge in [-0.15, -0.1) is 11.3 Å². The SMILES string of the molecule is CCCC(C(=O)NCc1cn2ccsc2n1)c1ccccc1. The van der Waals surface area contributed by atoms with Crippen LogP contribution < -0.4 is 5.32 Å². The van der Waals surface area contributed by atoms with Crippen LogP contribution in [0, 0.1) is 0 Å². The Kier molecular flexibility index (Phi) is 4.53. The second-order valence-corrected chi connectivity index (χ2v) is 6.17. The third-order valence-corrected chi connectivity index (χ3v) is 4.45. The molecule has 0 radical (unpaired) electrons. The summed E-state index contributed by atoms with van der Waals surface area (Å²) in [5.41, 5.74) is 1.97. The Morgan fingerprint density at radius 3 is 2.91 bits per heavy atom. The van der Waals surface area contributed by atoms with Crippen LogP contribution in [0.25, 0.3) is 4.96 Å². The van der Waals surface area contributed by atoms with Gasteiger partial charge in [0.1, 0.15) is 0 Å². The molecule has 0 aliphatic carbocycles. The topological polar surface area (TPSA) is 46.4 Å². The fraction of sp³-hybridized carbons (Fsp3) is 0.294. The van der Waals surface area contributed by atoms with Crippen molar-refractivity contribution in [2.75, 3.05) is 0 Å². The molecule has 22 heavy (non-hydrogen) atoms. The Labute approximate surface area is 133 Å². The van der Waals surface area contributed by atoms with Gasteiger partial charge in [-0.2, -0.15) is 0 Å². The molecule has 1 atom stereocenters. The van der Waals surface area contributed by atoms with E-state index in [1.807, 2.05) is 52.5 Å². The average Bonchev–Trinajstić information content (AvgIpc) is 3.12. The molecule has 3 aromatic rings. The van der Waals surface area contributed by atoms with E-state index in [4.69, 9.17) is 0 Å². The molecule has 5 heteroatoms. The van der Waals surface area contributed by atoms with Crippen LogP contribution in [0.15, 0.2) is 48.1 Å². The summed E-state index contributed by atoms with van der Waals surface area (Å²) in [4.78, 5) is 18.0. The van der Waals surface area contributed by atoms with Crippen molar-refractivity contribution in [2.45, 2.75) is 32.2 Å². The standard InChI is InChI=1S/C17H19N3OS/c1-2-6-15(13-7-4-3-5-8-13)16(21)18-11-14-12-20-9-10-22-17(20)19-14/h3-5,7-10,12,15H,2,6,11H2,1H3,(H,18,21). The quantitative estimate of drug-likeness (QED) is 0.756. The van der Waals surface area contributed by atoms with Gasteiger partial charge in [-0.05, 0) is 12.0 Å². The Balaban J connectivity index is 1.67. The number of hydrogen-bond donors (Lipinski definition) is 1. The molecule has 3 rings (SSSR count). The van der Waals surface area contributed by atoms with Crippen molar-refractivity contribution < 1.29 is 4.79 Å².